The second-order valence-corrected chi connectivity index (χ2v) is 6.42. The first kappa shape index (κ1) is 9.49. The van der Waals surface area contributed by atoms with Gasteiger partial charge in [0.1, 0.15) is 0 Å². The maximum absolute atomic E-state index is 5.97. The van der Waals surface area contributed by atoms with Gasteiger partial charge in [0.15, 0.2) is 0 Å². The van der Waals surface area contributed by atoms with Crippen LogP contribution in [0.3, 0.4) is 0 Å². The van der Waals surface area contributed by atoms with Crippen molar-refractivity contribution in [2.45, 2.75) is 18.5 Å². The van der Waals surface area contributed by atoms with Crippen LogP contribution in [0.15, 0.2) is 30.3 Å². The molecule has 13 heavy (non-hydrogen) atoms. The Morgan fingerprint density at radius 3 is 2.77 bits per heavy atom. The van der Waals surface area contributed by atoms with Crippen molar-refractivity contribution < 1.29 is 0 Å². The van der Waals surface area contributed by atoms with Crippen molar-refractivity contribution in [1.82, 2.24) is 0 Å². The van der Waals surface area contributed by atoms with E-state index in [1.54, 1.807) is 5.30 Å². The maximum atomic E-state index is 5.97. The molecule has 2 unspecified atom stereocenters. The summed E-state index contributed by atoms with van der Waals surface area (Å²) in [4.78, 5) is 0. The van der Waals surface area contributed by atoms with E-state index in [2.05, 4.69) is 30.3 Å². The smallest absolute Gasteiger partial charge is 0.0294 e. The van der Waals surface area contributed by atoms with Gasteiger partial charge in [-0.3, -0.25) is 0 Å². The number of hydrogen-bond acceptors (Lipinski definition) is 0. The fourth-order valence-electron chi connectivity index (χ4n) is 1.96. The molecule has 0 aromatic heterocycles. The normalized spacial score (nSPS) is 27.8. The lowest BCUT2D eigenvalue weighted by atomic mass is 10.3. The van der Waals surface area contributed by atoms with Crippen molar-refractivity contribution in [3.8, 4) is 0 Å². The largest absolute Gasteiger partial charge is 0.126 e. The van der Waals surface area contributed by atoms with Crippen LogP contribution in [0.4, 0.5) is 0 Å². The summed E-state index contributed by atoms with van der Waals surface area (Å²) in [5, 5.41) is 1.54. The van der Waals surface area contributed by atoms with Gasteiger partial charge >= 0.3 is 0 Å². The van der Waals surface area contributed by atoms with Crippen molar-refractivity contribution >= 4 is 24.8 Å². The van der Waals surface area contributed by atoms with Crippen LogP contribution in [-0.4, -0.2) is 17.7 Å². The van der Waals surface area contributed by atoms with Gasteiger partial charge in [-0.05, 0) is 30.0 Å². The molecule has 0 bridgehead atoms. The Bertz CT molecular complexity index is 260. The van der Waals surface area contributed by atoms with Gasteiger partial charge < -0.3 is 0 Å². The van der Waals surface area contributed by atoms with Gasteiger partial charge in [-0.25, -0.2) is 0 Å². The Kier molecular flexibility index (Phi) is 3.24. The Hall–Kier alpha value is -0.0600. The van der Waals surface area contributed by atoms with Gasteiger partial charge in [-0.2, -0.15) is 0 Å². The number of halogens is 1. The molecule has 1 aliphatic rings. The summed E-state index contributed by atoms with van der Waals surface area (Å²) in [7, 11) is 0.0643. The number of hydrogen-bond donors (Lipinski definition) is 0. The maximum Gasteiger partial charge on any atom is 0.0294 e. The highest BCUT2D eigenvalue weighted by molar-refractivity contribution is 7.66. The van der Waals surface area contributed by atoms with Crippen molar-refractivity contribution in [2.24, 2.45) is 0 Å². The average Bonchev–Trinajstić information content (AvgIpc) is 2.67. The number of alkyl halides is 1. The highest BCUT2D eigenvalue weighted by atomic mass is 35.5. The molecule has 0 spiro atoms. The van der Waals surface area contributed by atoms with Crippen molar-refractivity contribution in [3.05, 3.63) is 30.3 Å². The minimum Gasteiger partial charge on any atom is -0.126 e. The van der Waals surface area contributed by atoms with E-state index in [0.29, 0.717) is 0 Å². The molecular weight excluding hydrogens is 199 g/mol. The molecule has 0 amide bonds. The molecular formula is C11H14ClP. The molecule has 1 heterocycles. The van der Waals surface area contributed by atoms with E-state index < -0.39 is 0 Å². The zero-order valence-electron chi connectivity index (χ0n) is 7.62. The summed E-state index contributed by atoms with van der Waals surface area (Å²) < 4.78 is 0. The summed E-state index contributed by atoms with van der Waals surface area (Å²) >= 11 is 5.97. The molecule has 1 aromatic carbocycles. The van der Waals surface area contributed by atoms with E-state index in [4.69, 9.17) is 11.6 Å². The second kappa shape index (κ2) is 4.44. The van der Waals surface area contributed by atoms with E-state index in [-0.39, 0.29) is 7.92 Å². The highest BCUT2D eigenvalue weighted by Gasteiger charge is 2.26. The third kappa shape index (κ3) is 2.06. The number of rotatable bonds is 2. The first-order valence-electron chi connectivity index (χ1n) is 4.79. The molecule has 0 N–H and O–H groups in total. The molecule has 0 saturated carbocycles. The summed E-state index contributed by atoms with van der Waals surface area (Å²) in [6.07, 6.45) is 4.10. The molecule has 2 rings (SSSR count). The lowest BCUT2D eigenvalue weighted by Crippen LogP contribution is -2.10. The van der Waals surface area contributed by atoms with Crippen molar-refractivity contribution in [3.63, 3.8) is 0 Å². The molecule has 0 aliphatic carbocycles. The second-order valence-electron chi connectivity index (χ2n) is 3.48. The zero-order chi connectivity index (χ0) is 9.10. The average molecular weight is 213 g/mol. The summed E-state index contributed by atoms with van der Waals surface area (Å²) in [5.41, 5.74) is 0.777. The van der Waals surface area contributed by atoms with Crippen molar-refractivity contribution in [1.29, 1.82) is 0 Å². The van der Waals surface area contributed by atoms with Gasteiger partial charge in [0, 0.05) is 5.88 Å². The Morgan fingerprint density at radius 2 is 2.08 bits per heavy atom. The predicted molar refractivity (Wildman–Crippen MR) is 61.6 cm³/mol. The van der Waals surface area contributed by atoms with Crippen LogP contribution in [0, 0.1) is 0 Å². The Morgan fingerprint density at radius 1 is 1.31 bits per heavy atom. The topological polar surface area (TPSA) is 0 Å². The first-order chi connectivity index (χ1) is 6.42. The van der Waals surface area contributed by atoms with Crippen LogP contribution in [0.2, 0.25) is 0 Å². The minimum atomic E-state index is 0.0643. The molecule has 2 heteroatoms. The SMILES string of the molecule is ClCC1CCCP1c1ccccc1. The van der Waals surface area contributed by atoms with Gasteiger partial charge in [-0.1, -0.05) is 38.3 Å². The van der Waals surface area contributed by atoms with Crippen LogP contribution in [0.25, 0.3) is 0 Å². The van der Waals surface area contributed by atoms with E-state index in [1.165, 1.54) is 19.0 Å². The minimum absolute atomic E-state index is 0.0643. The molecule has 0 nitrogen and oxygen atoms in total. The highest BCUT2D eigenvalue weighted by Crippen LogP contribution is 2.49. The lowest BCUT2D eigenvalue weighted by molar-refractivity contribution is 0.840. The van der Waals surface area contributed by atoms with Gasteiger partial charge in [-0.15, -0.1) is 11.6 Å². The summed E-state index contributed by atoms with van der Waals surface area (Å²) in [6, 6.07) is 10.9. The standard InChI is InChI=1S/C11H14ClP/c12-9-11-7-4-8-13(11)10-5-2-1-3-6-10/h1-3,5-6,11H,4,7-9H2. The van der Waals surface area contributed by atoms with E-state index >= 15 is 0 Å². The monoisotopic (exact) mass is 212 g/mol. The Labute approximate surface area is 86.1 Å². The molecule has 1 fully saturated rings. The lowest BCUT2D eigenvalue weighted by Gasteiger charge is -2.17. The van der Waals surface area contributed by atoms with Crippen LogP contribution < -0.4 is 5.30 Å². The first-order valence-corrected chi connectivity index (χ1v) is 6.92. The van der Waals surface area contributed by atoms with Crippen molar-refractivity contribution in [2.75, 3.05) is 12.0 Å². The molecule has 1 aromatic rings. The molecule has 2 atom stereocenters. The fourth-order valence-corrected chi connectivity index (χ4v) is 5.39. The van der Waals surface area contributed by atoms with E-state index in [9.17, 15) is 0 Å². The van der Waals surface area contributed by atoms with E-state index in [0.717, 1.165) is 11.5 Å². The van der Waals surface area contributed by atoms with E-state index in [1.807, 2.05) is 0 Å². The predicted octanol–water partition coefficient (Wildman–Crippen LogP) is 3.20. The summed E-state index contributed by atoms with van der Waals surface area (Å²) in [6.45, 7) is 0. The quantitative estimate of drug-likeness (QED) is 0.522. The number of benzene rings is 1. The molecule has 0 radical (unpaired) electrons. The zero-order valence-corrected chi connectivity index (χ0v) is 9.27. The molecule has 1 aliphatic heterocycles. The van der Waals surface area contributed by atoms with Crippen LogP contribution in [0.1, 0.15) is 12.8 Å². The summed E-state index contributed by atoms with van der Waals surface area (Å²) in [5.74, 6) is 0.848. The van der Waals surface area contributed by atoms with Gasteiger partial charge in [0.2, 0.25) is 0 Å². The van der Waals surface area contributed by atoms with Crippen LogP contribution in [0.5, 0.6) is 0 Å². The fraction of sp³-hybridized carbons (Fsp3) is 0.455. The third-order valence-corrected chi connectivity index (χ3v) is 6.31. The molecule has 70 valence electrons. The Balaban J connectivity index is 2.16. The van der Waals surface area contributed by atoms with Crippen LogP contribution in [-0.2, 0) is 0 Å². The van der Waals surface area contributed by atoms with Gasteiger partial charge in [0.05, 0.1) is 0 Å². The van der Waals surface area contributed by atoms with Crippen LogP contribution >= 0.6 is 19.5 Å². The van der Waals surface area contributed by atoms with Gasteiger partial charge in [0.25, 0.3) is 0 Å². The third-order valence-electron chi connectivity index (χ3n) is 2.64. The molecule has 1 saturated heterocycles.